The summed E-state index contributed by atoms with van der Waals surface area (Å²) in [4.78, 5) is 15.6. The van der Waals surface area contributed by atoms with Gasteiger partial charge in [0.05, 0.1) is 25.7 Å². The van der Waals surface area contributed by atoms with E-state index in [1.54, 1.807) is 13.8 Å². The molecule has 1 aromatic heterocycles. The third kappa shape index (κ3) is 4.31. The molecule has 18 heavy (non-hydrogen) atoms. The Morgan fingerprint density at radius 1 is 1.39 bits per heavy atom. The average Bonchev–Trinajstić information content (AvgIpc) is 2.32. The van der Waals surface area contributed by atoms with Crippen molar-refractivity contribution in [1.29, 1.82) is 0 Å². The average molecular weight is 339 g/mol. The van der Waals surface area contributed by atoms with E-state index >= 15 is 0 Å². The first kappa shape index (κ1) is 15.6. The van der Waals surface area contributed by atoms with Crippen LogP contribution in [0, 0.1) is 0 Å². The first-order valence-corrected chi connectivity index (χ1v) is 8.12. The molecule has 0 aliphatic rings. The Labute approximate surface area is 114 Å². The van der Waals surface area contributed by atoms with Crippen LogP contribution >= 0.6 is 23.5 Å². The van der Waals surface area contributed by atoms with Gasteiger partial charge in [-0.15, -0.1) is 0 Å². The zero-order valence-electron chi connectivity index (χ0n) is 10.3. The lowest BCUT2D eigenvalue weighted by Crippen LogP contribution is -2.22. The van der Waals surface area contributed by atoms with Crippen LogP contribution in [0.5, 0.6) is 0 Å². The van der Waals surface area contributed by atoms with Crippen LogP contribution in [0.4, 0.5) is 0 Å². The van der Waals surface area contributed by atoms with Crippen LogP contribution in [0.15, 0.2) is 21.8 Å². The van der Waals surface area contributed by atoms with Gasteiger partial charge in [0.1, 0.15) is 4.47 Å². The third-order valence-corrected chi connectivity index (χ3v) is 4.72. The summed E-state index contributed by atoms with van der Waals surface area (Å²) in [6, 6.07) is 0. The Balaban J connectivity index is 2.76. The molecule has 0 unspecified atom stereocenters. The van der Waals surface area contributed by atoms with Gasteiger partial charge in [0.25, 0.3) is 5.56 Å². The van der Waals surface area contributed by atoms with E-state index in [0.717, 1.165) is 0 Å². The number of aromatic nitrogens is 2. The van der Waals surface area contributed by atoms with Crippen LogP contribution in [-0.2, 0) is 20.2 Å². The van der Waals surface area contributed by atoms with Crippen molar-refractivity contribution in [3.8, 4) is 0 Å². The van der Waals surface area contributed by atoms with Crippen molar-refractivity contribution in [1.82, 2.24) is 9.55 Å². The molecule has 0 atom stereocenters. The van der Waals surface area contributed by atoms with Gasteiger partial charge in [-0.1, -0.05) is 0 Å². The minimum absolute atomic E-state index is 0.146. The van der Waals surface area contributed by atoms with Gasteiger partial charge in [-0.05, 0) is 29.8 Å². The molecule has 8 heteroatoms. The SMILES string of the molecule is CCOP(=O)(CCn1cncc(Br)c1=O)OCC. The van der Waals surface area contributed by atoms with Gasteiger partial charge in [0.15, 0.2) is 0 Å². The van der Waals surface area contributed by atoms with Crippen molar-refractivity contribution >= 4 is 23.5 Å². The molecule has 0 spiro atoms. The fraction of sp³-hybridized carbons (Fsp3) is 0.600. The number of hydrogen-bond acceptors (Lipinski definition) is 5. The number of halogens is 1. The molecular weight excluding hydrogens is 323 g/mol. The zero-order valence-corrected chi connectivity index (χ0v) is 12.8. The molecule has 0 fully saturated rings. The van der Waals surface area contributed by atoms with E-state index in [4.69, 9.17) is 9.05 Å². The first-order chi connectivity index (χ1) is 8.52. The van der Waals surface area contributed by atoms with Crippen LogP contribution < -0.4 is 5.56 Å². The molecule has 0 aromatic carbocycles. The molecule has 1 heterocycles. The van der Waals surface area contributed by atoms with Crippen molar-refractivity contribution in [2.45, 2.75) is 20.4 Å². The minimum atomic E-state index is -3.12. The molecule has 0 aliphatic carbocycles. The van der Waals surface area contributed by atoms with Crippen molar-refractivity contribution in [3.05, 3.63) is 27.4 Å². The second-order valence-electron chi connectivity index (χ2n) is 3.41. The van der Waals surface area contributed by atoms with Gasteiger partial charge in [0, 0.05) is 12.7 Å². The molecule has 1 aromatic rings. The quantitative estimate of drug-likeness (QED) is 0.713. The lowest BCUT2D eigenvalue weighted by atomic mass is 10.6. The van der Waals surface area contributed by atoms with Gasteiger partial charge in [-0.2, -0.15) is 0 Å². The smallest absolute Gasteiger partial charge is 0.309 e. The predicted octanol–water partition coefficient (Wildman–Crippen LogP) is 2.27. The summed E-state index contributed by atoms with van der Waals surface area (Å²) in [6.45, 7) is 4.35. The summed E-state index contributed by atoms with van der Waals surface area (Å²) in [6.07, 6.45) is 2.96. The number of nitrogens with zero attached hydrogens (tertiary/aromatic N) is 2. The third-order valence-electron chi connectivity index (χ3n) is 2.13. The molecule has 0 bridgehead atoms. The fourth-order valence-corrected chi connectivity index (χ4v) is 3.30. The van der Waals surface area contributed by atoms with E-state index in [0.29, 0.717) is 17.7 Å². The summed E-state index contributed by atoms with van der Waals surface area (Å²) in [5.74, 6) is 0. The Morgan fingerprint density at radius 2 is 2.00 bits per heavy atom. The minimum Gasteiger partial charge on any atom is -0.309 e. The zero-order chi connectivity index (χ0) is 13.6. The molecule has 102 valence electrons. The lowest BCUT2D eigenvalue weighted by Gasteiger charge is -2.17. The van der Waals surface area contributed by atoms with Crippen LogP contribution in [0.2, 0.25) is 0 Å². The number of rotatable bonds is 7. The topological polar surface area (TPSA) is 70.4 Å². The standard InChI is InChI=1S/C10H16BrN2O4P/c1-3-16-18(15,17-4-2)6-5-13-8-12-7-9(11)10(13)14/h7-8H,3-6H2,1-2H3. The largest absolute Gasteiger partial charge is 0.332 e. The fourth-order valence-electron chi connectivity index (χ4n) is 1.37. The molecule has 6 nitrogen and oxygen atoms in total. The number of aryl methyl sites for hydroxylation is 1. The normalized spacial score (nSPS) is 11.7. The maximum Gasteiger partial charge on any atom is 0.332 e. The summed E-state index contributed by atoms with van der Waals surface area (Å²) in [7, 11) is -3.12. The summed E-state index contributed by atoms with van der Waals surface area (Å²) < 4.78 is 24.2. The highest BCUT2D eigenvalue weighted by Gasteiger charge is 2.23. The Bertz CT molecular complexity index is 481. The molecule has 0 saturated heterocycles. The maximum absolute atomic E-state index is 12.2. The highest BCUT2D eigenvalue weighted by Crippen LogP contribution is 2.47. The van der Waals surface area contributed by atoms with E-state index in [2.05, 4.69) is 20.9 Å². The van der Waals surface area contributed by atoms with Gasteiger partial charge < -0.3 is 9.05 Å². The highest BCUT2D eigenvalue weighted by atomic mass is 79.9. The van der Waals surface area contributed by atoms with E-state index in [9.17, 15) is 9.36 Å². The van der Waals surface area contributed by atoms with Crippen molar-refractivity contribution in [2.75, 3.05) is 19.4 Å². The molecule has 1 rings (SSSR count). The molecule has 0 N–H and O–H groups in total. The first-order valence-electron chi connectivity index (χ1n) is 5.60. The van der Waals surface area contributed by atoms with E-state index in [1.807, 2.05) is 0 Å². The summed E-state index contributed by atoms with van der Waals surface area (Å²) >= 11 is 3.10. The molecule has 0 amide bonds. The summed E-state index contributed by atoms with van der Waals surface area (Å²) in [5, 5.41) is 0. The Morgan fingerprint density at radius 3 is 2.56 bits per heavy atom. The Hall–Kier alpha value is -0.490. The second-order valence-corrected chi connectivity index (χ2v) is 6.45. The summed E-state index contributed by atoms with van der Waals surface area (Å²) in [5.41, 5.74) is -0.218. The van der Waals surface area contributed by atoms with Crippen molar-refractivity contribution in [3.63, 3.8) is 0 Å². The van der Waals surface area contributed by atoms with Crippen LogP contribution in [0.1, 0.15) is 13.8 Å². The monoisotopic (exact) mass is 338 g/mol. The molecule has 0 saturated carbocycles. The highest BCUT2D eigenvalue weighted by molar-refractivity contribution is 9.10. The van der Waals surface area contributed by atoms with Gasteiger partial charge in [0.2, 0.25) is 0 Å². The number of hydrogen-bond donors (Lipinski definition) is 0. The van der Waals surface area contributed by atoms with E-state index in [1.165, 1.54) is 17.1 Å². The van der Waals surface area contributed by atoms with Crippen LogP contribution in [0.3, 0.4) is 0 Å². The molecular formula is C10H16BrN2O4P. The van der Waals surface area contributed by atoms with E-state index in [-0.39, 0.29) is 18.3 Å². The predicted molar refractivity (Wildman–Crippen MR) is 71.9 cm³/mol. The van der Waals surface area contributed by atoms with Gasteiger partial charge in [-0.3, -0.25) is 13.9 Å². The lowest BCUT2D eigenvalue weighted by molar-refractivity contribution is 0.219. The Kier molecular flexibility index (Phi) is 6.21. The molecule has 0 aliphatic heterocycles. The maximum atomic E-state index is 12.2. The van der Waals surface area contributed by atoms with E-state index < -0.39 is 7.60 Å². The second kappa shape index (κ2) is 7.19. The molecule has 0 radical (unpaired) electrons. The van der Waals surface area contributed by atoms with Crippen molar-refractivity contribution in [2.24, 2.45) is 0 Å². The van der Waals surface area contributed by atoms with Gasteiger partial charge >= 0.3 is 7.60 Å². The van der Waals surface area contributed by atoms with Crippen LogP contribution in [-0.4, -0.2) is 28.9 Å². The van der Waals surface area contributed by atoms with Gasteiger partial charge in [-0.25, -0.2) is 4.98 Å². The van der Waals surface area contributed by atoms with Crippen molar-refractivity contribution < 1.29 is 13.6 Å². The van der Waals surface area contributed by atoms with Crippen LogP contribution in [0.25, 0.3) is 0 Å².